The Balaban J connectivity index is 2.72. The van der Waals surface area contributed by atoms with Crippen LogP contribution in [0.25, 0.3) is 0 Å². The molecule has 0 spiro atoms. The lowest BCUT2D eigenvalue weighted by molar-refractivity contribution is -0.0151. The number of rotatable bonds is 4. The van der Waals surface area contributed by atoms with E-state index in [2.05, 4.69) is 9.97 Å². The molecule has 1 heterocycles. The molecule has 0 bridgehead atoms. The molecule has 1 rings (SSSR count). The molecule has 4 nitrogen and oxygen atoms in total. The molecule has 2 unspecified atom stereocenters. The Bertz CT molecular complexity index is 237. The number of aromatic nitrogens is 2. The van der Waals surface area contributed by atoms with E-state index >= 15 is 0 Å². The van der Waals surface area contributed by atoms with Crippen molar-refractivity contribution in [2.45, 2.75) is 25.6 Å². The van der Waals surface area contributed by atoms with Crippen LogP contribution in [0.3, 0.4) is 0 Å². The lowest BCUT2D eigenvalue weighted by Crippen LogP contribution is -2.20. The fraction of sp³-hybridized carbons (Fsp3) is 0.556. The van der Waals surface area contributed by atoms with Gasteiger partial charge in [0.2, 0.25) is 0 Å². The summed E-state index contributed by atoms with van der Waals surface area (Å²) in [5.41, 5.74) is 0.691. The van der Waals surface area contributed by atoms with E-state index in [1.807, 2.05) is 6.92 Å². The zero-order valence-corrected chi connectivity index (χ0v) is 7.84. The molecule has 0 fully saturated rings. The third-order valence-corrected chi connectivity index (χ3v) is 1.98. The van der Waals surface area contributed by atoms with Gasteiger partial charge in [0, 0.05) is 25.1 Å². The third-order valence-electron chi connectivity index (χ3n) is 1.98. The highest BCUT2D eigenvalue weighted by molar-refractivity contribution is 5.08. The van der Waals surface area contributed by atoms with Gasteiger partial charge in [-0.05, 0) is 6.42 Å². The Hall–Kier alpha value is -1.00. The molecule has 0 aromatic carbocycles. The molecule has 0 amide bonds. The van der Waals surface area contributed by atoms with Crippen LogP contribution in [0, 0.1) is 0 Å². The Labute approximate surface area is 77.6 Å². The number of methoxy groups -OCH3 is 1. The molecule has 72 valence electrons. The first kappa shape index (κ1) is 10.1. The average Bonchev–Trinajstić information content (AvgIpc) is 2.21. The zero-order chi connectivity index (χ0) is 9.68. The molecule has 0 saturated heterocycles. The predicted octanol–water partition coefficient (Wildman–Crippen LogP) is 0.935. The first-order valence-electron chi connectivity index (χ1n) is 4.25. The summed E-state index contributed by atoms with van der Waals surface area (Å²) >= 11 is 0. The minimum atomic E-state index is -0.642. The Morgan fingerprint density at radius 2 is 2.08 bits per heavy atom. The van der Waals surface area contributed by atoms with Crippen LogP contribution in [0.15, 0.2) is 18.7 Å². The monoisotopic (exact) mass is 182 g/mol. The molecule has 1 aromatic rings. The molecule has 2 atom stereocenters. The van der Waals surface area contributed by atoms with Gasteiger partial charge in [0.05, 0.1) is 6.10 Å². The number of ether oxygens (including phenoxy) is 1. The van der Waals surface area contributed by atoms with Crippen LogP contribution >= 0.6 is 0 Å². The van der Waals surface area contributed by atoms with E-state index in [1.54, 1.807) is 19.5 Å². The molecule has 0 saturated carbocycles. The molecule has 0 aliphatic heterocycles. The summed E-state index contributed by atoms with van der Waals surface area (Å²) in [6.07, 6.45) is 4.55. The van der Waals surface area contributed by atoms with Crippen LogP contribution in [-0.4, -0.2) is 28.3 Å². The molecule has 13 heavy (non-hydrogen) atoms. The highest BCUT2D eigenvalue weighted by atomic mass is 16.5. The van der Waals surface area contributed by atoms with E-state index in [0.29, 0.717) is 5.56 Å². The summed E-state index contributed by atoms with van der Waals surface area (Å²) in [6.45, 7) is 1.96. The minimum absolute atomic E-state index is 0.189. The summed E-state index contributed by atoms with van der Waals surface area (Å²) in [5.74, 6) is 0. The second-order valence-corrected chi connectivity index (χ2v) is 2.80. The van der Waals surface area contributed by atoms with Crippen molar-refractivity contribution < 1.29 is 9.84 Å². The van der Waals surface area contributed by atoms with Crippen molar-refractivity contribution >= 4 is 0 Å². The van der Waals surface area contributed by atoms with Gasteiger partial charge in [0.1, 0.15) is 12.4 Å². The maximum Gasteiger partial charge on any atom is 0.115 e. The lowest BCUT2D eigenvalue weighted by Gasteiger charge is -2.19. The maximum absolute atomic E-state index is 9.78. The van der Waals surface area contributed by atoms with E-state index in [4.69, 9.17) is 4.74 Å². The highest BCUT2D eigenvalue weighted by Crippen LogP contribution is 2.18. The van der Waals surface area contributed by atoms with Gasteiger partial charge in [-0.2, -0.15) is 0 Å². The van der Waals surface area contributed by atoms with Gasteiger partial charge in [0.25, 0.3) is 0 Å². The summed E-state index contributed by atoms with van der Waals surface area (Å²) in [7, 11) is 1.58. The van der Waals surface area contributed by atoms with E-state index < -0.39 is 6.10 Å². The molecular formula is C9H14N2O2. The zero-order valence-electron chi connectivity index (χ0n) is 7.84. The van der Waals surface area contributed by atoms with E-state index in [0.717, 1.165) is 6.42 Å². The molecular weight excluding hydrogens is 168 g/mol. The van der Waals surface area contributed by atoms with Crippen molar-refractivity contribution in [2.24, 2.45) is 0 Å². The van der Waals surface area contributed by atoms with Crippen molar-refractivity contribution in [1.29, 1.82) is 0 Å². The van der Waals surface area contributed by atoms with Gasteiger partial charge < -0.3 is 9.84 Å². The fourth-order valence-corrected chi connectivity index (χ4v) is 1.20. The van der Waals surface area contributed by atoms with E-state index in [9.17, 15) is 5.11 Å². The Morgan fingerprint density at radius 3 is 2.54 bits per heavy atom. The van der Waals surface area contributed by atoms with Gasteiger partial charge in [-0.15, -0.1) is 0 Å². The third kappa shape index (κ3) is 2.47. The van der Waals surface area contributed by atoms with E-state index in [-0.39, 0.29) is 6.10 Å². The molecule has 1 aromatic heterocycles. The lowest BCUT2D eigenvalue weighted by atomic mass is 10.1. The van der Waals surface area contributed by atoms with Crippen LogP contribution in [0.4, 0.5) is 0 Å². The largest absolute Gasteiger partial charge is 0.386 e. The van der Waals surface area contributed by atoms with Crippen LogP contribution < -0.4 is 0 Å². The second kappa shape index (κ2) is 4.89. The average molecular weight is 182 g/mol. The predicted molar refractivity (Wildman–Crippen MR) is 48.1 cm³/mol. The van der Waals surface area contributed by atoms with Crippen LogP contribution in [-0.2, 0) is 4.74 Å². The number of nitrogens with zero attached hydrogens (tertiary/aromatic N) is 2. The van der Waals surface area contributed by atoms with Gasteiger partial charge in [-0.3, -0.25) is 0 Å². The van der Waals surface area contributed by atoms with Crippen LogP contribution in [0.2, 0.25) is 0 Å². The number of aliphatic hydroxyl groups is 1. The van der Waals surface area contributed by atoms with Crippen molar-refractivity contribution in [3.05, 3.63) is 24.3 Å². The SMILES string of the molecule is CCC(OC)C(O)c1cncnc1. The van der Waals surface area contributed by atoms with Gasteiger partial charge in [0.15, 0.2) is 0 Å². The van der Waals surface area contributed by atoms with Crippen molar-refractivity contribution in [2.75, 3.05) is 7.11 Å². The minimum Gasteiger partial charge on any atom is -0.386 e. The molecule has 0 aliphatic carbocycles. The summed E-state index contributed by atoms with van der Waals surface area (Å²) in [4.78, 5) is 7.66. The smallest absolute Gasteiger partial charge is 0.115 e. The van der Waals surface area contributed by atoms with Crippen molar-refractivity contribution in [1.82, 2.24) is 9.97 Å². The molecule has 1 N–H and O–H groups in total. The number of aliphatic hydroxyl groups excluding tert-OH is 1. The quantitative estimate of drug-likeness (QED) is 0.752. The standard InChI is InChI=1S/C9H14N2O2/c1-3-8(13-2)9(12)7-4-10-6-11-5-7/h4-6,8-9,12H,3H2,1-2H3. The number of hydrogen-bond acceptors (Lipinski definition) is 4. The maximum atomic E-state index is 9.78. The number of hydrogen-bond donors (Lipinski definition) is 1. The summed E-state index contributed by atoms with van der Waals surface area (Å²) < 4.78 is 5.11. The highest BCUT2D eigenvalue weighted by Gasteiger charge is 2.18. The van der Waals surface area contributed by atoms with E-state index in [1.165, 1.54) is 6.33 Å². The molecule has 4 heteroatoms. The van der Waals surface area contributed by atoms with Crippen LogP contribution in [0.5, 0.6) is 0 Å². The topological polar surface area (TPSA) is 55.2 Å². The summed E-state index contributed by atoms with van der Waals surface area (Å²) in [6, 6.07) is 0. The van der Waals surface area contributed by atoms with Crippen molar-refractivity contribution in [3.63, 3.8) is 0 Å². The summed E-state index contributed by atoms with van der Waals surface area (Å²) in [5, 5.41) is 9.78. The van der Waals surface area contributed by atoms with Gasteiger partial charge >= 0.3 is 0 Å². The van der Waals surface area contributed by atoms with Gasteiger partial charge in [-0.25, -0.2) is 9.97 Å². The normalized spacial score (nSPS) is 15.3. The molecule has 0 aliphatic rings. The Kier molecular flexibility index (Phi) is 3.79. The van der Waals surface area contributed by atoms with Gasteiger partial charge in [-0.1, -0.05) is 6.92 Å². The Morgan fingerprint density at radius 1 is 1.46 bits per heavy atom. The van der Waals surface area contributed by atoms with Crippen LogP contribution in [0.1, 0.15) is 25.0 Å². The van der Waals surface area contributed by atoms with Crippen molar-refractivity contribution in [3.8, 4) is 0 Å². The second-order valence-electron chi connectivity index (χ2n) is 2.80. The first-order chi connectivity index (χ1) is 6.29. The fourth-order valence-electron chi connectivity index (χ4n) is 1.20. The molecule has 0 radical (unpaired) electrons. The first-order valence-corrected chi connectivity index (χ1v) is 4.25.